The van der Waals surface area contributed by atoms with Gasteiger partial charge >= 0.3 is 0 Å². The van der Waals surface area contributed by atoms with E-state index in [4.69, 9.17) is 10.2 Å². The van der Waals surface area contributed by atoms with Crippen molar-refractivity contribution in [3.8, 4) is 0 Å². The van der Waals surface area contributed by atoms with Gasteiger partial charge in [0.05, 0.1) is 13.2 Å². The standard InChI is InChI=1S/2C12H11O2P.C5H12O2/c2*13-15(14,11-7-3-1-4-8-11)12-9-5-2-6-10-12;1-5(2,3-6)4-7/h2*1-10H,(H,13,14);6-7H,3-4H2,1-2H3. The van der Waals surface area contributed by atoms with E-state index in [1.54, 1.807) is 111 Å². The summed E-state index contributed by atoms with van der Waals surface area (Å²) < 4.78 is 24.3. The van der Waals surface area contributed by atoms with Gasteiger partial charge in [0.2, 0.25) is 0 Å². The second kappa shape index (κ2) is 14.2. The highest BCUT2D eigenvalue weighted by Gasteiger charge is 2.23. The molecule has 0 saturated heterocycles. The van der Waals surface area contributed by atoms with Gasteiger partial charge in [-0.15, -0.1) is 0 Å². The van der Waals surface area contributed by atoms with Crippen molar-refractivity contribution in [2.75, 3.05) is 13.2 Å². The van der Waals surface area contributed by atoms with Crippen LogP contribution in [0.5, 0.6) is 0 Å². The van der Waals surface area contributed by atoms with Crippen molar-refractivity contribution in [3.05, 3.63) is 121 Å². The minimum atomic E-state index is -3.40. The molecule has 0 unspecified atom stereocenters. The summed E-state index contributed by atoms with van der Waals surface area (Å²) in [7, 11) is -6.79. The molecule has 0 heterocycles. The summed E-state index contributed by atoms with van der Waals surface area (Å²) in [5, 5.41) is 18.7. The second-order valence-electron chi connectivity index (χ2n) is 8.97. The summed E-state index contributed by atoms with van der Waals surface area (Å²) in [5.41, 5.74) is -0.306. The van der Waals surface area contributed by atoms with Gasteiger partial charge in [0, 0.05) is 26.6 Å². The summed E-state index contributed by atoms with van der Waals surface area (Å²) in [6.45, 7) is 3.69. The Morgan fingerprint density at radius 2 is 0.676 bits per heavy atom. The van der Waals surface area contributed by atoms with Crippen molar-refractivity contribution in [3.63, 3.8) is 0 Å². The maximum absolute atomic E-state index is 12.2. The van der Waals surface area contributed by atoms with Crippen molar-refractivity contribution in [2.45, 2.75) is 13.8 Å². The molecule has 0 fully saturated rings. The van der Waals surface area contributed by atoms with Crippen LogP contribution in [0.25, 0.3) is 0 Å². The van der Waals surface area contributed by atoms with Gasteiger partial charge in [0.15, 0.2) is 0 Å². The van der Waals surface area contributed by atoms with Gasteiger partial charge < -0.3 is 20.0 Å². The zero-order valence-corrected chi connectivity index (χ0v) is 22.7. The molecule has 0 spiro atoms. The third-order valence-electron chi connectivity index (χ3n) is 5.28. The molecule has 196 valence electrons. The number of hydrogen-bond donors (Lipinski definition) is 4. The maximum atomic E-state index is 12.2. The molecular formula is C29H34O6P2. The Morgan fingerprint density at radius 3 is 0.811 bits per heavy atom. The van der Waals surface area contributed by atoms with E-state index >= 15 is 0 Å². The molecule has 4 N–H and O–H groups in total. The molecule has 4 aromatic carbocycles. The molecule has 0 aliphatic heterocycles. The van der Waals surface area contributed by atoms with Crippen LogP contribution in [0.2, 0.25) is 0 Å². The molecule has 37 heavy (non-hydrogen) atoms. The minimum Gasteiger partial charge on any atom is -0.396 e. The number of hydrogen-bond acceptors (Lipinski definition) is 4. The molecule has 0 aromatic heterocycles. The van der Waals surface area contributed by atoms with Gasteiger partial charge in [0.25, 0.3) is 14.7 Å². The highest BCUT2D eigenvalue weighted by Crippen LogP contribution is 2.38. The van der Waals surface area contributed by atoms with Crippen LogP contribution in [0.4, 0.5) is 0 Å². The lowest BCUT2D eigenvalue weighted by molar-refractivity contribution is 0.0857. The van der Waals surface area contributed by atoms with Crippen LogP contribution < -0.4 is 21.2 Å². The number of rotatable bonds is 6. The summed E-state index contributed by atoms with van der Waals surface area (Å²) >= 11 is 0. The van der Waals surface area contributed by atoms with Crippen molar-refractivity contribution in [2.24, 2.45) is 5.41 Å². The molecular weight excluding hydrogens is 506 g/mol. The molecule has 0 radical (unpaired) electrons. The fraction of sp³-hybridized carbons (Fsp3) is 0.172. The lowest BCUT2D eigenvalue weighted by Gasteiger charge is -2.16. The summed E-state index contributed by atoms with van der Waals surface area (Å²) in [6.07, 6.45) is 0. The molecule has 4 aromatic rings. The summed E-state index contributed by atoms with van der Waals surface area (Å²) in [6, 6.07) is 34.8. The van der Waals surface area contributed by atoms with Gasteiger partial charge in [-0.1, -0.05) is 86.6 Å². The Hall–Kier alpha value is -2.82. The number of aliphatic hydroxyl groups is 2. The Bertz CT molecular complexity index is 1090. The molecule has 8 heteroatoms. The molecule has 0 bridgehead atoms. The normalized spacial score (nSPS) is 11.4. The Labute approximate surface area is 218 Å². The summed E-state index contributed by atoms with van der Waals surface area (Å²) in [4.78, 5) is 20.0. The van der Waals surface area contributed by atoms with Crippen molar-refractivity contribution < 1.29 is 29.1 Å². The van der Waals surface area contributed by atoms with Crippen molar-refractivity contribution in [1.82, 2.24) is 0 Å². The minimum absolute atomic E-state index is 0.0451. The van der Waals surface area contributed by atoms with Crippen molar-refractivity contribution >= 4 is 36.0 Å². The zero-order chi connectivity index (χ0) is 27.4. The molecule has 0 amide bonds. The Kier molecular flexibility index (Phi) is 11.7. The monoisotopic (exact) mass is 540 g/mol. The predicted octanol–water partition coefficient (Wildman–Crippen LogP) is 3.81. The van der Waals surface area contributed by atoms with E-state index in [0.29, 0.717) is 21.2 Å². The van der Waals surface area contributed by atoms with E-state index in [9.17, 15) is 18.9 Å². The molecule has 0 aliphatic rings. The smallest absolute Gasteiger partial charge is 0.258 e. The molecule has 0 aliphatic carbocycles. The molecule has 6 nitrogen and oxygen atoms in total. The lowest BCUT2D eigenvalue weighted by atomic mass is 9.97. The summed E-state index contributed by atoms with van der Waals surface area (Å²) in [5.74, 6) is 0. The van der Waals surface area contributed by atoms with Gasteiger partial charge in [0.1, 0.15) is 0 Å². The Morgan fingerprint density at radius 1 is 0.486 bits per heavy atom. The van der Waals surface area contributed by atoms with E-state index in [2.05, 4.69) is 0 Å². The van der Waals surface area contributed by atoms with Crippen LogP contribution >= 0.6 is 14.7 Å². The number of benzene rings is 4. The molecule has 4 rings (SSSR count). The SMILES string of the molecule is CC(C)(CO)CO.O=P(O)(c1ccccc1)c1ccccc1.O=P(O)(c1ccccc1)c1ccccc1. The number of aliphatic hydroxyl groups excluding tert-OH is 2. The fourth-order valence-electron chi connectivity index (χ4n) is 2.87. The molecule has 0 atom stereocenters. The topological polar surface area (TPSA) is 115 Å². The van der Waals surface area contributed by atoms with E-state index in [-0.39, 0.29) is 18.6 Å². The van der Waals surface area contributed by atoms with Gasteiger partial charge in [-0.05, 0) is 48.5 Å². The van der Waals surface area contributed by atoms with Gasteiger partial charge in [-0.2, -0.15) is 0 Å². The van der Waals surface area contributed by atoms with Gasteiger partial charge in [-0.3, -0.25) is 9.13 Å². The van der Waals surface area contributed by atoms with Crippen LogP contribution in [0.3, 0.4) is 0 Å². The fourth-order valence-corrected chi connectivity index (χ4v) is 5.77. The van der Waals surface area contributed by atoms with Crippen LogP contribution in [-0.4, -0.2) is 33.2 Å². The highest BCUT2D eigenvalue weighted by atomic mass is 31.2. The van der Waals surface area contributed by atoms with Crippen LogP contribution in [0.15, 0.2) is 121 Å². The quantitative estimate of drug-likeness (QED) is 0.277. The largest absolute Gasteiger partial charge is 0.396 e. The zero-order valence-electron chi connectivity index (χ0n) is 21.0. The van der Waals surface area contributed by atoms with Crippen LogP contribution in [-0.2, 0) is 9.13 Å². The van der Waals surface area contributed by atoms with Crippen molar-refractivity contribution in [1.29, 1.82) is 0 Å². The average Bonchev–Trinajstić information content (AvgIpc) is 2.95. The lowest BCUT2D eigenvalue weighted by Crippen LogP contribution is -2.20. The van der Waals surface area contributed by atoms with E-state index in [1.165, 1.54) is 0 Å². The predicted molar refractivity (Wildman–Crippen MR) is 152 cm³/mol. The average molecular weight is 541 g/mol. The van der Waals surface area contributed by atoms with Gasteiger partial charge in [-0.25, -0.2) is 0 Å². The second-order valence-corrected chi connectivity index (χ2v) is 13.3. The first-order chi connectivity index (χ1) is 17.5. The van der Waals surface area contributed by atoms with E-state index in [0.717, 1.165) is 0 Å². The van der Waals surface area contributed by atoms with E-state index in [1.807, 2.05) is 24.3 Å². The third-order valence-corrected chi connectivity index (χ3v) is 9.27. The first kappa shape index (κ1) is 30.4. The maximum Gasteiger partial charge on any atom is 0.258 e. The molecule has 0 saturated carbocycles. The highest BCUT2D eigenvalue weighted by molar-refractivity contribution is 7.73. The first-order valence-corrected chi connectivity index (χ1v) is 15.0. The van der Waals surface area contributed by atoms with Crippen LogP contribution in [0.1, 0.15) is 13.8 Å². The third kappa shape index (κ3) is 9.21. The Balaban J connectivity index is 0.000000210. The van der Waals surface area contributed by atoms with Crippen LogP contribution in [0, 0.1) is 5.41 Å². The first-order valence-electron chi connectivity index (χ1n) is 11.6. The van der Waals surface area contributed by atoms with E-state index < -0.39 is 14.7 Å².